The normalized spacial score (nSPS) is 15.1. The van der Waals surface area contributed by atoms with Gasteiger partial charge in [-0.1, -0.05) is 30.3 Å². The number of hydrogen-bond donors (Lipinski definition) is 0. The largest absolute Gasteiger partial charge is 0.394 e. The monoisotopic (exact) mass is 239 g/mol. The van der Waals surface area contributed by atoms with E-state index in [-0.39, 0.29) is 0 Å². The highest BCUT2D eigenvalue weighted by Gasteiger charge is 2.32. The third kappa shape index (κ3) is 3.72. The van der Waals surface area contributed by atoms with Crippen LogP contribution in [-0.2, 0) is 8.85 Å². The molecule has 0 aromatic heterocycles. The van der Waals surface area contributed by atoms with Gasteiger partial charge >= 0.3 is 8.56 Å². The lowest BCUT2D eigenvalue weighted by Crippen LogP contribution is -2.51. The fourth-order valence-corrected chi connectivity index (χ4v) is 3.22. The molecule has 0 radical (unpaired) electrons. The maximum absolute atomic E-state index is 5.95. The summed E-state index contributed by atoms with van der Waals surface area (Å²) in [6, 6.07) is 10.2. The summed E-state index contributed by atoms with van der Waals surface area (Å²) in [5.41, 5.74) is 0. The molecule has 0 aliphatic heterocycles. The Kier molecular flexibility index (Phi) is 5.14. The average molecular weight is 239 g/mol. The van der Waals surface area contributed by atoms with Gasteiger partial charge in [0.15, 0.2) is 0 Å². The molecule has 0 aliphatic carbocycles. The van der Waals surface area contributed by atoms with Gasteiger partial charge in [0, 0.05) is 20.3 Å². The average Bonchev–Trinajstić information content (AvgIpc) is 2.29. The van der Waals surface area contributed by atoms with Gasteiger partial charge in [-0.3, -0.25) is 0 Å². The van der Waals surface area contributed by atoms with Crippen LogP contribution in [0.15, 0.2) is 30.3 Å². The predicted octanol–water partition coefficient (Wildman–Crippen LogP) is 1.19. The molecule has 1 aromatic carbocycles. The van der Waals surface area contributed by atoms with E-state index in [9.17, 15) is 0 Å². The first kappa shape index (κ1) is 13.4. The number of rotatable bonds is 6. The maximum atomic E-state index is 5.95. The minimum atomic E-state index is -2.19. The van der Waals surface area contributed by atoms with E-state index in [0.717, 1.165) is 6.54 Å². The number of hydrogen-bond acceptors (Lipinski definition) is 3. The standard InChI is InChI=1S/C12H21NO2Si/c1-13(2)10-11-15-16(4,14-3)12-8-6-5-7-9-12/h5-9H,10-11H2,1-4H3. The Morgan fingerprint density at radius 1 is 1.19 bits per heavy atom. The SMILES string of the molecule is CO[Si](C)(OCCN(C)C)c1ccccc1. The molecule has 0 heterocycles. The van der Waals surface area contributed by atoms with Crippen LogP contribution in [0.5, 0.6) is 0 Å². The molecule has 0 N–H and O–H groups in total. The van der Waals surface area contributed by atoms with Crippen molar-refractivity contribution in [2.24, 2.45) is 0 Å². The molecular weight excluding hydrogens is 218 g/mol. The smallest absolute Gasteiger partial charge is 0.369 e. The molecule has 1 aromatic rings. The maximum Gasteiger partial charge on any atom is 0.369 e. The van der Waals surface area contributed by atoms with Gasteiger partial charge in [0.1, 0.15) is 0 Å². The fourth-order valence-electron chi connectivity index (χ4n) is 1.42. The first-order valence-corrected chi connectivity index (χ1v) is 7.79. The lowest BCUT2D eigenvalue weighted by molar-refractivity contribution is 0.195. The van der Waals surface area contributed by atoms with Crippen molar-refractivity contribution in [3.8, 4) is 0 Å². The number of nitrogens with zero attached hydrogens (tertiary/aromatic N) is 1. The van der Waals surface area contributed by atoms with Crippen molar-refractivity contribution in [3.05, 3.63) is 30.3 Å². The minimum Gasteiger partial charge on any atom is -0.394 e. The Labute approximate surface area is 99.2 Å². The van der Waals surface area contributed by atoms with Crippen molar-refractivity contribution in [3.63, 3.8) is 0 Å². The fraction of sp³-hybridized carbons (Fsp3) is 0.500. The summed E-state index contributed by atoms with van der Waals surface area (Å²) < 4.78 is 11.6. The van der Waals surface area contributed by atoms with Crippen LogP contribution >= 0.6 is 0 Å². The van der Waals surface area contributed by atoms with Gasteiger partial charge in [0.2, 0.25) is 0 Å². The summed E-state index contributed by atoms with van der Waals surface area (Å²) in [6.07, 6.45) is 0. The van der Waals surface area contributed by atoms with Crippen LogP contribution in [0.4, 0.5) is 0 Å². The molecule has 1 rings (SSSR count). The van der Waals surface area contributed by atoms with E-state index in [1.54, 1.807) is 7.11 Å². The van der Waals surface area contributed by atoms with Crippen molar-refractivity contribution in [1.82, 2.24) is 4.90 Å². The van der Waals surface area contributed by atoms with E-state index in [1.165, 1.54) is 5.19 Å². The van der Waals surface area contributed by atoms with Crippen molar-refractivity contribution < 1.29 is 8.85 Å². The quantitative estimate of drug-likeness (QED) is 0.696. The van der Waals surface area contributed by atoms with Crippen molar-refractivity contribution in [2.45, 2.75) is 6.55 Å². The molecule has 1 atom stereocenters. The van der Waals surface area contributed by atoms with Crippen LogP contribution in [0.2, 0.25) is 6.55 Å². The summed E-state index contributed by atoms with van der Waals surface area (Å²) in [5.74, 6) is 0. The topological polar surface area (TPSA) is 21.7 Å². The first-order valence-electron chi connectivity index (χ1n) is 5.48. The molecule has 0 aliphatic rings. The molecule has 90 valence electrons. The second kappa shape index (κ2) is 6.15. The first-order chi connectivity index (χ1) is 7.58. The van der Waals surface area contributed by atoms with E-state index < -0.39 is 8.56 Å². The second-order valence-electron chi connectivity index (χ2n) is 4.17. The van der Waals surface area contributed by atoms with Crippen LogP contribution in [0.3, 0.4) is 0 Å². The van der Waals surface area contributed by atoms with Crippen molar-refractivity contribution in [1.29, 1.82) is 0 Å². The lowest BCUT2D eigenvalue weighted by Gasteiger charge is -2.26. The molecule has 0 saturated carbocycles. The van der Waals surface area contributed by atoms with E-state index >= 15 is 0 Å². The molecule has 3 nitrogen and oxygen atoms in total. The van der Waals surface area contributed by atoms with Crippen molar-refractivity contribution >= 4 is 13.7 Å². The summed E-state index contributed by atoms with van der Waals surface area (Å²) >= 11 is 0. The summed E-state index contributed by atoms with van der Waals surface area (Å²) in [5, 5.41) is 1.18. The van der Waals surface area contributed by atoms with Gasteiger partial charge < -0.3 is 13.8 Å². The molecular formula is C12H21NO2Si. The van der Waals surface area contributed by atoms with Gasteiger partial charge in [0.05, 0.1) is 0 Å². The summed E-state index contributed by atoms with van der Waals surface area (Å²) in [7, 11) is 3.62. The Morgan fingerprint density at radius 3 is 2.31 bits per heavy atom. The Bertz CT molecular complexity index is 305. The third-order valence-corrected chi connectivity index (χ3v) is 5.52. The molecule has 1 unspecified atom stereocenters. The van der Waals surface area contributed by atoms with Crippen molar-refractivity contribution in [2.75, 3.05) is 34.4 Å². The summed E-state index contributed by atoms with van der Waals surface area (Å²) in [4.78, 5) is 2.11. The third-order valence-electron chi connectivity index (χ3n) is 2.60. The number of likely N-dealkylation sites (N-methyl/N-ethyl adjacent to an activating group) is 1. The van der Waals surface area contributed by atoms with E-state index in [2.05, 4.69) is 23.6 Å². The Balaban J connectivity index is 2.63. The van der Waals surface area contributed by atoms with Gasteiger partial charge in [-0.25, -0.2) is 0 Å². The predicted molar refractivity (Wildman–Crippen MR) is 69.2 cm³/mol. The second-order valence-corrected chi connectivity index (χ2v) is 7.33. The van der Waals surface area contributed by atoms with Gasteiger partial charge in [-0.05, 0) is 25.8 Å². The Hall–Kier alpha value is -0.683. The van der Waals surface area contributed by atoms with Crippen LogP contribution in [-0.4, -0.2) is 47.8 Å². The van der Waals surface area contributed by atoms with Crippen LogP contribution < -0.4 is 5.19 Å². The van der Waals surface area contributed by atoms with Gasteiger partial charge in [0.25, 0.3) is 0 Å². The number of benzene rings is 1. The van der Waals surface area contributed by atoms with E-state index in [1.807, 2.05) is 32.3 Å². The lowest BCUT2D eigenvalue weighted by atomic mass is 10.4. The minimum absolute atomic E-state index is 0.707. The molecule has 0 saturated heterocycles. The molecule has 0 fully saturated rings. The van der Waals surface area contributed by atoms with Crippen LogP contribution in [0.25, 0.3) is 0 Å². The summed E-state index contributed by atoms with van der Waals surface area (Å²) in [6.45, 7) is 3.70. The zero-order chi connectivity index (χ0) is 12.0. The van der Waals surface area contributed by atoms with Gasteiger partial charge in [-0.15, -0.1) is 0 Å². The highest BCUT2D eigenvalue weighted by molar-refractivity contribution is 6.79. The van der Waals surface area contributed by atoms with Crippen LogP contribution in [0, 0.1) is 0 Å². The molecule has 0 bridgehead atoms. The Morgan fingerprint density at radius 2 is 1.81 bits per heavy atom. The zero-order valence-corrected chi connectivity index (χ0v) is 11.6. The molecule has 0 spiro atoms. The van der Waals surface area contributed by atoms with Crippen LogP contribution in [0.1, 0.15) is 0 Å². The molecule has 4 heteroatoms. The van der Waals surface area contributed by atoms with E-state index in [0.29, 0.717) is 6.61 Å². The highest BCUT2D eigenvalue weighted by Crippen LogP contribution is 2.06. The van der Waals surface area contributed by atoms with Gasteiger partial charge in [-0.2, -0.15) is 0 Å². The molecule has 0 amide bonds. The molecule has 16 heavy (non-hydrogen) atoms. The van der Waals surface area contributed by atoms with E-state index in [4.69, 9.17) is 8.85 Å². The highest BCUT2D eigenvalue weighted by atomic mass is 28.4. The zero-order valence-electron chi connectivity index (χ0n) is 10.6.